The molecule has 0 N–H and O–H groups in total. The minimum Gasteiger partial charge on any atom is -0.490 e. The van der Waals surface area contributed by atoms with Crippen LogP contribution in [0.4, 0.5) is 5.82 Å². The van der Waals surface area contributed by atoms with E-state index in [1.54, 1.807) is 30.5 Å². The molecular formula is C29H27ClN2O5. The highest BCUT2D eigenvalue weighted by Crippen LogP contribution is 2.43. The van der Waals surface area contributed by atoms with Crippen molar-refractivity contribution in [2.24, 2.45) is 0 Å². The van der Waals surface area contributed by atoms with Crippen LogP contribution in [-0.4, -0.2) is 24.1 Å². The van der Waals surface area contributed by atoms with Crippen molar-refractivity contribution in [1.29, 1.82) is 0 Å². The molecule has 0 aliphatic carbocycles. The second-order valence-electron chi connectivity index (χ2n) is 8.93. The van der Waals surface area contributed by atoms with Gasteiger partial charge >= 0.3 is 0 Å². The molecule has 4 aromatic rings. The number of benzene rings is 2. The van der Waals surface area contributed by atoms with Gasteiger partial charge in [-0.3, -0.25) is 14.5 Å². The predicted octanol–water partition coefficient (Wildman–Crippen LogP) is 6.48. The fourth-order valence-electron chi connectivity index (χ4n) is 4.51. The van der Waals surface area contributed by atoms with Crippen molar-refractivity contribution in [3.8, 4) is 11.5 Å². The van der Waals surface area contributed by atoms with Crippen molar-refractivity contribution in [2.75, 3.05) is 18.1 Å². The van der Waals surface area contributed by atoms with E-state index in [1.165, 1.54) is 4.90 Å². The second kappa shape index (κ2) is 10.3. The zero-order valence-corrected chi connectivity index (χ0v) is 21.7. The normalized spacial score (nSPS) is 14.8. The summed E-state index contributed by atoms with van der Waals surface area (Å²) in [5, 5.41) is 0.720. The van der Waals surface area contributed by atoms with E-state index in [0.29, 0.717) is 52.1 Å². The minimum atomic E-state index is -0.777. The molecule has 2 aromatic heterocycles. The topological polar surface area (TPSA) is 81.9 Å². The van der Waals surface area contributed by atoms with Gasteiger partial charge in [-0.05, 0) is 67.8 Å². The fourth-order valence-corrected chi connectivity index (χ4v) is 4.68. The number of unbranched alkanes of at least 4 members (excludes halogenated alkanes) is 1. The van der Waals surface area contributed by atoms with Crippen molar-refractivity contribution in [1.82, 2.24) is 4.98 Å². The third-order valence-corrected chi connectivity index (χ3v) is 6.55. The summed E-state index contributed by atoms with van der Waals surface area (Å²) >= 11 is 6.19. The van der Waals surface area contributed by atoms with Crippen LogP contribution in [0, 0.1) is 6.92 Å². The molecule has 1 amide bonds. The molecule has 0 radical (unpaired) electrons. The summed E-state index contributed by atoms with van der Waals surface area (Å²) in [6.45, 7) is 6.91. The molecule has 8 heteroatoms. The van der Waals surface area contributed by atoms with E-state index in [9.17, 15) is 9.59 Å². The van der Waals surface area contributed by atoms with Crippen LogP contribution in [-0.2, 0) is 0 Å². The number of halogens is 1. The van der Waals surface area contributed by atoms with E-state index in [-0.39, 0.29) is 16.8 Å². The van der Waals surface area contributed by atoms with Crippen LogP contribution in [0.2, 0.25) is 5.02 Å². The number of anilines is 1. The van der Waals surface area contributed by atoms with Crippen LogP contribution in [0.5, 0.6) is 11.5 Å². The van der Waals surface area contributed by atoms with Crippen molar-refractivity contribution in [2.45, 2.75) is 39.7 Å². The lowest BCUT2D eigenvalue weighted by molar-refractivity contribution is 0.0970. The Morgan fingerprint density at radius 1 is 1.03 bits per heavy atom. The largest absolute Gasteiger partial charge is 0.490 e. The van der Waals surface area contributed by atoms with Crippen LogP contribution in [0.15, 0.2) is 63.9 Å². The first-order valence-electron chi connectivity index (χ1n) is 12.3. The predicted molar refractivity (Wildman–Crippen MR) is 143 cm³/mol. The summed E-state index contributed by atoms with van der Waals surface area (Å²) in [6, 6.07) is 13.1. The Morgan fingerprint density at radius 2 is 1.86 bits per heavy atom. The van der Waals surface area contributed by atoms with Gasteiger partial charge in [0.2, 0.25) is 5.76 Å². The highest BCUT2D eigenvalue weighted by Gasteiger charge is 2.44. The lowest BCUT2D eigenvalue weighted by Gasteiger charge is -2.25. The van der Waals surface area contributed by atoms with Crippen LogP contribution < -0.4 is 19.8 Å². The second-order valence-corrected chi connectivity index (χ2v) is 9.36. The molecule has 3 heterocycles. The first kappa shape index (κ1) is 24.8. The number of ether oxygens (including phenoxy) is 2. The lowest BCUT2D eigenvalue weighted by Crippen LogP contribution is -2.30. The average Bonchev–Trinajstić information content (AvgIpc) is 3.18. The molecule has 1 aliphatic heterocycles. The number of carbonyl (C=O) groups excluding carboxylic acids is 1. The number of aromatic nitrogens is 1. The molecule has 1 atom stereocenters. The number of pyridine rings is 1. The Hall–Kier alpha value is -3.84. The number of fused-ring (bicyclic) bond motifs is 2. The highest BCUT2D eigenvalue weighted by molar-refractivity contribution is 6.31. The molecular weight excluding hydrogens is 492 g/mol. The third-order valence-electron chi connectivity index (χ3n) is 6.31. The van der Waals surface area contributed by atoms with Gasteiger partial charge in [0.1, 0.15) is 11.4 Å². The molecule has 7 nitrogen and oxygen atoms in total. The number of aryl methyl sites for hydroxylation is 1. The minimum absolute atomic E-state index is 0.00608. The Labute approximate surface area is 219 Å². The zero-order valence-electron chi connectivity index (χ0n) is 20.9. The third kappa shape index (κ3) is 4.55. The maximum Gasteiger partial charge on any atom is 0.296 e. The van der Waals surface area contributed by atoms with Crippen molar-refractivity contribution >= 4 is 34.3 Å². The molecule has 37 heavy (non-hydrogen) atoms. The molecule has 5 rings (SSSR count). The molecule has 0 saturated carbocycles. The fraction of sp³-hybridized carbons (Fsp3) is 0.276. The molecule has 190 valence electrons. The van der Waals surface area contributed by atoms with E-state index in [0.717, 1.165) is 18.4 Å². The molecule has 0 saturated heterocycles. The lowest BCUT2D eigenvalue weighted by atomic mass is 9.98. The van der Waals surface area contributed by atoms with Gasteiger partial charge in [0.25, 0.3) is 5.91 Å². The molecule has 1 unspecified atom stereocenters. The van der Waals surface area contributed by atoms with Gasteiger partial charge in [0.15, 0.2) is 16.9 Å². The van der Waals surface area contributed by atoms with Crippen LogP contribution >= 0.6 is 11.6 Å². The van der Waals surface area contributed by atoms with Gasteiger partial charge < -0.3 is 13.9 Å². The van der Waals surface area contributed by atoms with E-state index >= 15 is 0 Å². The molecule has 0 spiro atoms. The SMILES string of the molecule is CCCCOc1ccc(C2c3c(oc4ccc(Cl)cc4c3=O)C(=O)N2c2ccc(C)cn2)cc1OCC. The van der Waals surface area contributed by atoms with Gasteiger partial charge in [0, 0.05) is 11.2 Å². The van der Waals surface area contributed by atoms with Crippen LogP contribution in [0.3, 0.4) is 0 Å². The van der Waals surface area contributed by atoms with Crippen molar-refractivity contribution in [3.63, 3.8) is 0 Å². The first-order chi connectivity index (χ1) is 17.9. The zero-order chi connectivity index (χ0) is 26.1. The van der Waals surface area contributed by atoms with Gasteiger partial charge in [-0.1, -0.05) is 37.1 Å². The maximum atomic E-state index is 13.8. The smallest absolute Gasteiger partial charge is 0.296 e. The van der Waals surface area contributed by atoms with Gasteiger partial charge in [-0.25, -0.2) is 4.98 Å². The maximum absolute atomic E-state index is 13.8. The number of hydrogen-bond donors (Lipinski definition) is 0. The first-order valence-corrected chi connectivity index (χ1v) is 12.7. The van der Waals surface area contributed by atoms with E-state index in [2.05, 4.69) is 11.9 Å². The van der Waals surface area contributed by atoms with E-state index in [1.807, 2.05) is 38.1 Å². The Bertz CT molecular complexity index is 1530. The summed E-state index contributed by atoms with van der Waals surface area (Å²) in [5.41, 5.74) is 1.85. The Morgan fingerprint density at radius 3 is 2.59 bits per heavy atom. The number of amides is 1. The standard InChI is InChI=1S/C29H27ClN2O5/c1-4-6-13-36-22-10-8-18(14-23(22)35-5-2)26-25-27(33)20-15-19(30)9-11-21(20)37-28(25)29(34)32(26)24-12-7-17(3)16-31-24/h7-12,14-16,26H,4-6,13H2,1-3H3. The Balaban J connectivity index is 1.71. The van der Waals surface area contributed by atoms with Gasteiger partial charge in [0.05, 0.1) is 30.2 Å². The van der Waals surface area contributed by atoms with Crippen molar-refractivity contribution < 1.29 is 18.7 Å². The molecule has 2 aromatic carbocycles. The number of hydrogen-bond acceptors (Lipinski definition) is 6. The van der Waals surface area contributed by atoms with E-state index in [4.69, 9.17) is 25.5 Å². The quantitative estimate of drug-likeness (QED) is 0.248. The number of carbonyl (C=O) groups is 1. The van der Waals surface area contributed by atoms with Crippen LogP contribution in [0.1, 0.15) is 60.0 Å². The monoisotopic (exact) mass is 518 g/mol. The van der Waals surface area contributed by atoms with Gasteiger partial charge in [-0.15, -0.1) is 0 Å². The molecule has 1 aliphatic rings. The highest BCUT2D eigenvalue weighted by atomic mass is 35.5. The summed E-state index contributed by atoms with van der Waals surface area (Å²) in [4.78, 5) is 33.6. The number of rotatable bonds is 8. The summed E-state index contributed by atoms with van der Waals surface area (Å²) in [5.74, 6) is 1.12. The average molecular weight is 519 g/mol. The van der Waals surface area contributed by atoms with Crippen molar-refractivity contribution in [3.05, 3.63) is 92.4 Å². The van der Waals surface area contributed by atoms with Gasteiger partial charge in [-0.2, -0.15) is 0 Å². The Kier molecular flexibility index (Phi) is 6.89. The molecule has 0 bridgehead atoms. The van der Waals surface area contributed by atoms with E-state index < -0.39 is 11.9 Å². The molecule has 0 fully saturated rings. The van der Waals surface area contributed by atoms with Crippen LogP contribution in [0.25, 0.3) is 11.0 Å². The summed E-state index contributed by atoms with van der Waals surface area (Å²) in [6.07, 6.45) is 3.61. The summed E-state index contributed by atoms with van der Waals surface area (Å²) in [7, 11) is 0. The summed E-state index contributed by atoms with van der Waals surface area (Å²) < 4.78 is 17.9. The number of nitrogens with zero attached hydrogens (tertiary/aromatic N) is 2.